The Morgan fingerprint density at radius 2 is 2.00 bits per heavy atom. The second-order valence-corrected chi connectivity index (χ2v) is 3.82. The van der Waals surface area contributed by atoms with Crippen molar-refractivity contribution in [3.05, 3.63) is 0 Å². The number of hydrogen-bond acceptors (Lipinski definition) is 2. The van der Waals surface area contributed by atoms with Crippen LogP contribution in [0.2, 0.25) is 0 Å². The Bertz CT molecular complexity index is 138. The summed E-state index contributed by atoms with van der Waals surface area (Å²) in [5.41, 5.74) is -0.164. The molecule has 2 N–H and O–H groups in total. The zero-order valence-corrected chi connectivity index (χ0v) is 7.64. The molecule has 0 aromatic heterocycles. The average Bonchev–Trinajstić information content (AvgIpc) is 1.80. The fourth-order valence-electron chi connectivity index (χ4n) is 0.547. The number of rotatable bonds is 2. The highest BCUT2D eigenvalue weighted by molar-refractivity contribution is 5.72. The number of nitrogens with one attached hydrogen (secondary N) is 1. The summed E-state index contributed by atoms with van der Waals surface area (Å²) < 4.78 is 0. The van der Waals surface area contributed by atoms with Gasteiger partial charge in [0.2, 0.25) is 5.91 Å². The monoisotopic (exact) mass is 159 g/mol. The SMILES string of the molecule is CC(=O)NCC(O)C(C)(C)C. The van der Waals surface area contributed by atoms with Gasteiger partial charge in [0.05, 0.1) is 6.10 Å². The molecule has 0 aromatic rings. The summed E-state index contributed by atoms with van der Waals surface area (Å²) in [5, 5.41) is 12.0. The van der Waals surface area contributed by atoms with Crippen molar-refractivity contribution in [1.29, 1.82) is 0 Å². The number of hydrogen-bond donors (Lipinski definition) is 2. The molecule has 0 aliphatic rings. The van der Waals surface area contributed by atoms with Crippen LogP contribution in [0.1, 0.15) is 27.7 Å². The summed E-state index contributed by atoms with van der Waals surface area (Å²) >= 11 is 0. The third-order valence-electron chi connectivity index (χ3n) is 1.54. The molecule has 0 heterocycles. The van der Waals surface area contributed by atoms with E-state index in [1.54, 1.807) is 0 Å². The first-order valence-corrected chi connectivity index (χ1v) is 3.76. The standard InChI is InChI=1S/C8H17NO2/c1-6(10)9-5-7(11)8(2,3)4/h7,11H,5H2,1-4H3,(H,9,10). The van der Waals surface area contributed by atoms with Gasteiger partial charge in [0.1, 0.15) is 0 Å². The predicted octanol–water partition coefficient (Wildman–Crippen LogP) is 0.529. The molecule has 66 valence electrons. The highest BCUT2D eigenvalue weighted by Crippen LogP contribution is 2.17. The maximum absolute atomic E-state index is 10.5. The van der Waals surface area contributed by atoms with E-state index in [1.165, 1.54) is 6.92 Å². The van der Waals surface area contributed by atoms with Crippen LogP contribution in [0, 0.1) is 5.41 Å². The first-order valence-electron chi connectivity index (χ1n) is 3.76. The third kappa shape index (κ3) is 4.79. The Morgan fingerprint density at radius 3 is 2.27 bits per heavy atom. The second kappa shape index (κ2) is 3.72. The van der Waals surface area contributed by atoms with Crippen LogP contribution in [-0.4, -0.2) is 23.7 Å². The number of aliphatic hydroxyl groups excluding tert-OH is 1. The molecule has 1 amide bonds. The van der Waals surface area contributed by atoms with Gasteiger partial charge in [-0.25, -0.2) is 0 Å². The molecule has 0 radical (unpaired) electrons. The smallest absolute Gasteiger partial charge is 0.216 e. The molecule has 1 atom stereocenters. The van der Waals surface area contributed by atoms with Gasteiger partial charge in [0, 0.05) is 13.5 Å². The Labute approximate surface area is 67.8 Å². The largest absolute Gasteiger partial charge is 0.391 e. The van der Waals surface area contributed by atoms with Crippen molar-refractivity contribution >= 4 is 5.91 Å². The Morgan fingerprint density at radius 1 is 1.55 bits per heavy atom. The van der Waals surface area contributed by atoms with Crippen molar-refractivity contribution in [1.82, 2.24) is 5.32 Å². The van der Waals surface area contributed by atoms with Gasteiger partial charge in [0.25, 0.3) is 0 Å². The molecule has 0 spiro atoms. The molecular weight excluding hydrogens is 142 g/mol. The van der Waals surface area contributed by atoms with Crippen LogP contribution in [0.15, 0.2) is 0 Å². The first-order chi connectivity index (χ1) is 4.84. The lowest BCUT2D eigenvalue weighted by Crippen LogP contribution is -2.38. The molecule has 11 heavy (non-hydrogen) atoms. The van der Waals surface area contributed by atoms with Gasteiger partial charge >= 0.3 is 0 Å². The van der Waals surface area contributed by atoms with Gasteiger partial charge in [0.15, 0.2) is 0 Å². The molecule has 3 heteroatoms. The van der Waals surface area contributed by atoms with E-state index in [4.69, 9.17) is 0 Å². The topological polar surface area (TPSA) is 49.3 Å². The third-order valence-corrected chi connectivity index (χ3v) is 1.54. The van der Waals surface area contributed by atoms with E-state index in [0.717, 1.165) is 0 Å². The quantitative estimate of drug-likeness (QED) is 0.617. The Hall–Kier alpha value is -0.570. The highest BCUT2D eigenvalue weighted by atomic mass is 16.3. The van der Waals surface area contributed by atoms with Gasteiger partial charge in [-0.2, -0.15) is 0 Å². The van der Waals surface area contributed by atoms with Gasteiger partial charge in [-0.15, -0.1) is 0 Å². The van der Waals surface area contributed by atoms with E-state index in [-0.39, 0.29) is 11.3 Å². The molecule has 0 rings (SSSR count). The number of aliphatic hydroxyl groups is 1. The zero-order valence-electron chi connectivity index (χ0n) is 7.64. The molecule has 3 nitrogen and oxygen atoms in total. The maximum atomic E-state index is 10.5. The fourth-order valence-corrected chi connectivity index (χ4v) is 0.547. The van der Waals surface area contributed by atoms with Crippen LogP contribution in [0.5, 0.6) is 0 Å². The molecule has 0 aliphatic heterocycles. The first kappa shape index (κ1) is 10.4. The fraction of sp³-hybridized carbons (Fsp3) is 0.875. The van der Waals surface area contributed by atoms with Crippen molar-refractivity contribution in [3.63, 3.8) is 0 Å². The second-order valence-electron chi connectivity index (χ2n) is 3.82. The van der Waals surface area contributed by atoms with E-state index in [0.29, 0.717) is 6.54 Å². The normalized spacial score (nSPS) is 14.3. The van der Waals surface area contributed by atoms with Crippen molar-refractivity contribution in [2.24, 2.45) is 5.41 Å². The molecule has 0 aliphatic carbocycles. The van der Waals surface area contributed by atoms with E-state index < -0.39 is 6.10 Å². The molecule has 1 unspecified atom stereocenters. The van der Waals surface area contributed by atoms with Crippen molar-refractivity contribution in [3.8, 4) is 0 Å². The van der Waals surface area contributed by atoms with Gasteiger partial charge in [-0.05, 0) is 5.41 Å². The summed E-state index contributed by atoms with van der Waals surface area (Å²) in [4.78, 5) is 10.5. The Kier molecular flexibility index (Phi) is 3.52. The molecular formula is C8H17NO2. The van der Waals surface area contributed by atoms with E-state index >= 15 is 0 Å². The van der Waals surface area contributed by atoms with Crippen LogP contribution in [0.25, 0.3) is 0 Å². The molecule has 0 bridgehead atoms. The zero-order chi connectivity index (χ0) is 9.07. The lowest BCUT2D eigenvalue weighted by Gasteiger charge is -2.25. The van der Waals surface area contributed by atoms with E-state index in [2.05, 4.69) is 5.32 Å². The van der Waals surface area contributed by atoms with E-state index in [9.17, 15) is 9.90 Å². The summed E-state index contributed by atoms with van der Waals surface area (Å²) in [7, 11) is 0. The molecule has 0 fully saturated rings. The van der Waals surface area contributed by atoms with Gasteiger partial charge in [-0.3, -0.25) is 4.79 Å². The summed E-state index contributed by atoms with van der Waals surface area (Å²) in [6, 6.07) is 0. The minimum Gasteiger partial charge on any atom is -0.391 e. The van der Waals surface area contributed by atoms with Crippen LogP contribution in [-0.2, 0) is 4.79 Å². The van der Waals surface area contributed by atoms with Crippen LogP contribution >= 0.6 is 0 Å². The van der Waals surface area contributed by atoms with Gasteiger partial charge < -0.3 is 10.4 Å². The van der Waals surface area contributed by atoms with Crippen LogP contribution < -0.4 is 5.32 Å². The van der Waals surface area contributed by atoms with Crippen molar-refractivity contribution < 1.29 is 9.90 Å². The van der Waals surface area contributed by atoms with Gasteiger partial charge in [-0.1, -0.05) is 20.8 Å². The van der Waals surface area contributed by atoms with Crippen LogP contribution in [0.4, 0.5) is 0 Å². The maximum Gasteiger partial charge on any atom is 0.216 e. The summed E-state index contributed by atoms with van der Waals surface area (Å²) in [6.45, 7) is 7.56. The van der Waals surface area contributed by atoms with Crippen molar-refractivity contribution in [2.75, 3.05) is 6.54 Å². The number of amides is 1. The number of carbonyl (C=O) groups excluding carboxylic acids is 1. The lowest BCUT2D eigenvalue weighted by atomic mass is 9.89. The predicted molar refractivity (Wildman–Crippen MR) is 44.1 cm³/mol. The highest BCUT2D eigenvalue weighted by Gasteiger charge is 2.21. The Balaban J connectivity index is 3.70. The number of carbonyl (C=O) groups is 1. The molecule has 0 saturated carbocycles. The lowest BCUT2D eigenvalue weighted by molar-refractivity contribution is -0.119. The summed E-state index contributed by atoms with van der Waals surface area (Å²) in [5.74, 6) is -0.103. The average molecular weight is 159 g/mol. The minimum absolute atomic E-state index is 0.103. The van der Waals surface area contributed by atoms with Crippen LogP contribution in [0.3, 0.4) is 0 Å². The van der Waals surface area contributed by atoms with Crippen molar-refractivity contribution in [2.45, 2.75) is 33.8 Å². The summed E-state index contributed by atoms with van der Waals surface area (Å²) in [6.07, 6.45) is -0.480. The van der Waals surface area contributed by atoms with E-state index in [1.807, 2.05) is 20.8 Å². The molecule has 0 saturated heterocycles. The minimum atomic E-state index is -0.480. The molecule has 0 aromatic carbocycles.